The molecule has 1 fully saturated rings. The average molecular weight is 279 g/mol. The summed E-state index contributed by atoms with van der Waals surface area (Å²) in [6, 6.07) is 5.09. The Balaban J connectivity index is 2.42. The number of ether oxygens (including phenoxy) is 1. The van der Waals surface area contributed by atoms with E-state index >= 15 is 0 Å². The summed E-state index contributed by atoms with van der Waals surface area (Å²) < 4.78 is 5.77. The molecule has 0 spiro atoms. The number of nitrogen functional groups attached to an aromatic ring is 1. The van der Waals surface area contributed by atoms with Crippen LogP contribution in [0.3, 0.4) is 0 Å². The van der Waals surface area contributed by atoms with Gasteiger partial charge in [0, 0.05) is 13.1 Å². The van der Waals surface area contributed by atoms with Crippen molar-refractivity contribution in [1.29, 1.82) is 0 Å². The summed E-state index contributed by atoms with van der Waals surface area (Å²) in [5, 5.41) is 9.36. The van der Waals surface area contributed by atoms with Crippen LogP contribution in [-0.2, 0) is 4.74 Å². The minimum Gasteiger partial charge on any atom is -0.397 e. The van der Waals surface area contributed by atoms with Crippen LogP contribution in [0.15, 0.2) is 18.2 Å². The van der Waals surface area contributed by atoms with E-state index < -0.39 is 11.5 Å². The van der Waals surface area contributed by atoms with Crippen LogP contribution in [0.25, 0.3) is 0 Å². The van der Waals surface area contributed by atoms with Gasteiger partial charge in [0.15, 0.2) is 0 Å². The summed E-state index contributed by atoms with van der Waals surface area (Å²) in [6.45, 7) is 4.82. The fourth-order valence-electron chi connectivity index (χ4n) is 2.67. The second-order valence-electron chi connectivity index (χ2n) is 5.67. The number of hydrogen-bond acceptors (Lipinski definition) is 5. The molecule has 0 radical (unpaired) electrons. The zero-order valence-corrected chi connectivity index (χ0v) is 11.8. The standard InChI is InChI=1S/C14H21N3O3/c1-14(2)8-17(6-9(7-18)20-14)12-10(13(16)19)4-3-5-11(12)15/h3-5,9,18H,6-8,15H2,1-2H3,(H2,16,19). The number of hydrogen-bond donors (Lipinski definition) is 3. The number of aliphatic hydroxyl groups excluding tert-OH is 1. The molecule has 6 heteroatoms. The number of carbonyl (C=O) groups is 1. The van der Waals surface area contributed by atoms with Crippen LogP contribution in [0.4, 0.5) is 11.4 Å². The first-order chi connectivity index (χ1) is 9.34. The van der Waals surface area contributed by atoms with Gasteiger partial charge in [-0.25, -0.2) is 0 Å². The molecule has 1 aromatic rings. The van der Waals surface area contributed by atoms with E-state index in [0.29, 0.717) is 30.0 Å². The van der Waals surface area contributed by atoms with E-state index in [1.165, 1.54) is 0 Å². The predicted molar refractivity (Wildman–Crippen MR) is 77.6 cm³/mol. The van der Waals surface area contributed by atoms with Crippen molar-refractivity contribution >= 4 is 17.3 Å². The highest BCUT2D eigenvalue weighted by Crippen LogP contribution is 2.32. The number of para-hydroxylation sites is 1. The first-order valence-electron chi connectivity index (χ1n) is 6.56. The van der Waals surface area contributed by atoms with Crippen molar-refractivity contribution in [3.05, 3.63) is 23.8 Å². The van der Waals surface area contributed by atoms with Crippen LogP contribution in [0.1, 0.15) is 24.2 Å². The smallest absolute Gasteiger partial charge is 0.250 e. The Bertz CT molecular complexity index is 516. The molecule has 1 heterocycles. The van der Waals surface area contributed by atoms with Crippen molar-refractivity contribution in [3.8, 4) is 0 Å². The summed E-state index contributed by atoms with van der Waals surface area (Å²) >= 11 is 0. The molecule has 110 valence electrons. The second-order valence-corrected chi connectivity index (χ2v) is 5.67. The number of rotatable bonds is 3. The maximum absolute atomic E-state index is 11.6. The third-order valence-electron chi connectivity index (χ3n) is 3.33. The predicted octanol–water partition coefficient (Wildman–Crippen LogP) is 0.344. The van der Waals surface area contributed by atoms with Gasteiger partial charge in [-0.2, -0.15) is 0 Å². The third kappa shape index (κ3) is 2.86. The van der Waals surface area contributed by atoms with E-state index in [9.17, 15) is 9.90 Å². The molecule has 6 nitrogen and oxygen atoms in total. The van der Waals surface area contributed by atoms with Crippen molar-refractivity contribution in [2.24, 2.45) is 5.73 Å². The molecule has 0 saturated carbocycles. The molecule has 1 atom stereocenters. The van der Waals surface area contributed by atoms with Crippen LogP contribution in [0, 0.1) is 0 Å². The monoisotopic (exact) mass is 279 g/mol. The van der Waals surface area contributed by atoms with Gasteiger partial charge in [0.05, 0.1) is 35.3 Å². The molecule has 1 unspecified atom stereocenters. The lowest BCUT2D eigenvalue weighted by molar-refractivity contribution is -0.101. The Morgan fingerprint density at radius 1 is 1.55 bits per heavy atom. The molecule has 2 rings (SSSR count). The summed E-state index contributed by atoms with van der Waals surface area (Å²) in [6.07, 6.45) is -0.320. The van der Waals surface area contributed by atoms with Gasteiger partial charge in [-0.15, -0.1) is 0 Å². The summed E-state index contributed by atoms with van der Waals surface area (Å²) in [7, 11) is 0. The normalized spacial score (nSPS) is 21.8. The quantitative estimate of drug-likeness (QED) is 0.693. The number of primary amides is 1. The number of anilines is 2. The lowest BCUT2D eigenvalue weighted by Gasteiger charge is -2.44. The summed E-state index contributed by atoms with van der Waals surface area (Å²) in [5.41, 5.74) is 12.5. The van der Waals surface area contributed by atoms with E-state index in [1.54, 1.807) is 18.2 Å². The fourth-order valence-corrected chi connectivity index (χ4v) is 2.67. The molecule has 1 saturated heterocycles. The second kappa shape index (κ2) is 5.30. The van der Waals surface area contributed by atoms with E-state index in [0.717, 1.165) is 0 Å². The fraction of sp³-hybridized carbons (Fsp3) is 0.500. The van der Waals surface area contributed by atoms with E-state index in [4.69, 9.17) is 16.2 Å². The van der Waals surface area contributed by atoms with Gasteiger partial charge in [-0.05, 0) is 26.0 Å². The molecular weight excluding hydrogens is 258 g/mol. The molecule has 20 heavy (non-hydrogen) atoms. The highest BCUT2D eigenvalue weighted by molar-refractivity contribution is 6.01. The van der Waals surface area contributed by atoms with Crippen molar-refractivity contribution in [3.63, 3.8) is 0 Å². The number of aliphatic hydroxyl groups is 1. The number of morpholine rings is 1. The van der Waals surface area contributed by atoms with Crippen LogP contribution in [0.2, 0.25) is 0 Å². The zero-order chi connectivity index (χ0) is 14.9. The van der Waals surface area contributed by atoms with Crippen molar-refractivity contribution in [2.75, 3.05) is 30.3 Å². The molecule has 0 bridgehead atoms. The van der Waals surface area contributed by atoms with Gasteiger partial charge in [0.1, 0.15) is 0 Å². The molecule has 1 aliphatic rings. The first kappa shape index (κ1) is 14.6. The maximum Gasteiger partial charge on any atom is 0.250 e. The van der Waals surface area contributed by atoms with Gasteiger partial charge in [-0.3, -0.25) is 4.79 Å². The number of nitrogens with zero attached hydrogens (tertiary/aromatic N) is 1. The summed E-state index contributed by atoms with van der Waals surface area (Å²) in [4.78, 5) is 13.5. The van der Waals surface area contributed by atoms with Gasteiger partial charge >= 0.3 is 0 Å². The summed E-state index contributed by atoms with van der Waals surface area (Å²) in [5.74, 6) is -0.517. The molecule has 1 amide bonds. The van der Waals surface area contributed by atoms with Crippen LogP contribution in [0.5, 0.6) is 0 Å². The van der Waals surface area contributed by atoms with Crippen molar-refractivity contribution in [2.45, 2.75) is 25.6 Å². The van der Waals surface area contributed by atoms with Crippen LogP contribution >= 0.6 is 0 Å². The number of nitrogens with two attached hydrogens (primary N) is 2. The van der Waals surface area contributed by atoms with Crippen molar-refractivity contribution in [1.82, 2.24) is 0 Å². The molecule has 0 aromatic heterocycles. The average Bonchev–Trinajstić information content (AvgIpc) is 2.36. The third-order valence-corrected chi connectivity index (χ3v) is 3.33. The first-order valence-corrected chi connectivity index (χ1v) is 6.56. The topological polar surface area (TPSA) is 102 Å². The highest BCUT2D eigenvalue weighted by Gasteiger charge is 2.35. The Morgan fingerprint density at radius 3 is 2.85 bits per heavy atom. The minimum absolute atomic E-state index is 0.0847. The van der Waals surface area contributed by atoms with E-state index in [2.05, 4.69) is 0 Å². The van der Waals surface area contributed by atoms with Gasteiger partial charge in [-0.1, -0.05) is 6.07 Å². The number of benzene rings is 1. The molecule has 5 N–H and O–H groups in total. The molecular formula is C14H21N3O3. The minimum atomic E-state index is -0.517. The maximum atomic E-state index is 11.6. The Hall–Kier alpha value is -1.79. The zero-order valence-electron chi connectivity index (χ0n) is 11.8. The SMILES string of the molecule is CC1(C)CN(c2c(N)cccc2C(N)=O)CC(CO)O1. The highest BCUT2D eigenvalue weighted by atomic mass is 16.5. The molecule has 1 aliphatic heterocycles. The van der Waals surface area contributed by atoms with Gasteiger partial charge < -0.3 is 26.2 Å². The van der Waals surface area contributed by atoms with Crippen LogP contribution in [-0.4, -0.2) is 42.4 Å². The number of amides is 1. The van der Waals surface area contributed by atoms with Gasteiger partial charge in [0.25, 0.3) is 5.91 Å². The lowest BCUT2D eigenvalue weighted by atomic mass is 10.0. The van der Waals surface area contributed by atoms with Gasteiger partial charge in [0.2, 0.25) is 0 Å². The largest absolute Gasteiger partial charge is 0.397 e. The lowest BCUT2D eigenvalue weighted by Crippen LogP contribution is -2.54. The van der Waals surface area contributed by atoms with E-state index in [-0.39, 0.29) is 12.7 Å². The molecule has 1 aromatic carbocycles. The number of carbonyl (C=O) groups excluding carboxylic acids is 1. The van der Waals surface area contributed by atoms with Crippen molar-refractivity contribution < 1.29 is 14.6 Å². The van der Waals surface area contributed by atoms with E-state index in [1.807, 2.05) is 18.7 Å². The Morgan fingerprint density at radius 2 is 2.25 bits per heavy atom. The molecule has 0 aliphatic carbocycles. The van der Waals surface area contributed by atoms with Crippen LogP contribution < -0.4 is 16.4 Å². The Kier molecular flexibility index (Phi) is 3.87. The Labute approximate surface area is 118 Å².